The van der Waals surface area contributed by atoms with Crippen LogP contribution in [0.15, 0.2) is 24.3 Å². The van der Waals surface area contributed by atoms with Crippen molar-refractivity contribution in [3.05, 3.63) is 30.1 Å². The van der Waals surface area contributed by atoms with E-state index in [9.17, 15) is 14.0 Å². The molecule has 1 aromatic rings. The van der Waals surface area contributed by atoms with Gasteiger partial charge in [0.25, 0.3) is 0 Å². The molecule has 2 atom stereocenters. The fourth-order valence-corrected chi connectivity index (χ4v) is 4.07. The maximum absolute atomic E-state index is 13.1. The third kappa shape index (κ3) is 4.57. The van der Waals surface area contributed by atoms with Gasteiger partial charge in [0.05, 0.1) is 6.07 Å². The molecule has 0 aromatic heterocycles. The summed E-state index contributed by atoms with van der Waals surface area (Å²) in [6.45, 7) is 2.55. The lowest BCUT2D eigenvalue weighted by Gasteiger charge is -2.39. The highest BCUT2D eigenvalue weighted by Crippen LogP contribution is 2.32. The molecule has 144 valence electrons. The zero-order chi connectivity index (χ0) is 19.2. The van der Waals surface area contributed by atoms with Gasteiger partial charge in [-0.3, -0.25) is 9.59 Å². The van der Waals surface area contributed by atoms with Crippen molar-refractivity contribution in [2.24, 2.45) is 11.8 Å². The molecule has 0 spiro atoms. The third-order valence-corrected chi connectivity index (χ3v) is 5.54. The van der Waals surface area contributed by atoms with Crippen LogP contribution in [0.2, 0.25) is 0 Å². The van der Waals surface area contributed by atoms with E-state index in [0.29, 0.717) is 32.6 Å². The lowest BCUT2D eigenvalue weighted by atomic mass is 9.77. The van der Waals surface area contributed by atoms with E-state index in [4.69, 9.17) is 5.26 Å². The van der Waals surface area contributed by atoms with E-state index in [-0.39, 0.29) is 36.0 Å². The molecule has 1 saturated heterocycles. The van der Waals surface area contributed by atoms with Crippen molar-refractivity contribution in [1.29, 1.82) is 5.26 Å². The molecule has 0 bridgehead atoms. The average molecular weight is 372 g/mol. The Labute approximate surface area is 158 Å². The minimum atomic E-state index is -0.338. The number of benzene rings is 1. The number of piperazine rings is 1. The number of halogens is 1. The number of amides is 2. The number of rotatable bonds is 4. The Balaban J connectivity index is 1.59. The monoisotopic (exact) mass is 372 g/mol. The molecule has 27 heavy (non-hydrogen) atoms. The molecule has 2 aliphatic rings. The molecule has 0 radical (unpaired) electrons. The Hall–Kier alpha value is -2.62. The van der Waals surface area contributed by atoms with Crippen molar-refractivity contribution in [3.8, 4) is 6.07 Å². The Morgan fingerprint density at radius 1 is 1.07 bits per heavy atom. The quantitative estimate of drug-likeness (QED) is 0.820. The summed E-state index contributed by atoms with van der Waals surface area (Å²) in [7, 11) is 0. The second kappa shape index (κ2) is 8.85. The molecule has 1 N–H and O–H groups in total. The molecule has 0 unspecified atom stereocenters. The van der Waals surface area contributed by atoms with Crippen LogP contribution < -0.4 is 10.2 Å². The lowest BCUT2D eigenvalue weighted by molar-refractivity contribution is -0.143. The van der Waals surface area contributed by atoms with Gasteiger partial charge in [-0.1, -0.05) is 12.8 Å². The zero-order valence-electron chi connectivity index (χ0n) is 15.4. The highest BCUT2D eigenvalue weighted by Gasteiger charge is 2.38. The maximum Gasteiger partial charge on any atom is 0.226 e. The van der Waals surface area contributed by atoms with Crippen molar-refractivity contribution >= 4 is 17.5 Å². The summed E-state index contributed by atoms with van der Waals surface area (Å²) in [5.41, 5.74) is 0.954. The van der Waals surface area contributed by atoms with Gasteiger partial charge in [0, 0.05) is 43.7 Å². The smallest absolute Gasteiger partial charge is 0.226 e. The van der Waals surface area contributed by atoms with Crippen molar-refractivity contribution in [2.75, 3.05) is 37.6 Å². The van der Waals surface area contributed by atoms with E-state index in [0.717, 1.165) is 24.9 Å². The minimum absolute atomic E-state index is 0.0212. The van der Waals surface area contributed by atoms with E-state index in [1.807, 2.05) is 11.0 Å². The highest BCUT2D eigenvalue weighted by molar-refractivity contribution is 5.88. The third-order valence-electron chi connectivity index (χ3n) is 5.54. The van der Waals surface area contributed by atoms with E-state index in [1.165, 1.54) is 12.1 Å². The predicted molar refractivity (Wildman–Crippen MR) is 99.3 cm³/mol. The second-order valence-corrected chi connectivity index (χ2v) is 7.16. The number of hydrogen-bond acceptors (Lipinski definition) is 4. The largest absolute Gasteiger partial charge is 0.368 e. The molecular weight excluding hydrogens is 347 g/mol. The summed E-state index contributed by atoms with van der Waals surface area (Å²) in [6.07, 6.45) is 3.31. The normalized spacial score (nSPS) is 22.8. The van der Waals surface area contributed by atoms with Gasteiger partial charge in [0.15, 0.2) is 0 Å². The molecular formula is C20H25FN4O2. The molecule has 6 nitrogen and oxygen atoms in total. The van der Waals surface area contributed by atoms with E-state index >= 15 is 0 Å². The van der Waals surface area contributed by atoms with Gasteiger partial charge in [-0.2, -0.15) is 5.26 Å². The van der Waals surface area contributed by atoms with E-state index in [2.05, 4.69) is 10.2 Å². The molecule has 1 aliphatic heterocycles. The number of anilines is 1. The second-order valence-electron chi connectivity index (χ2n) is 7.16. The van der Waals surface area contributed by atoms with Crippen LogP contribution in [0.4, 0.5) is 10.1 Å². The van der Waals surface area contributed by atoms with Gasteiger partial charge in [0.1, 0.15) is 12.4 Å². The van der Waals surface area contributed by atoms with Gasteiger partial charge in [-0.05, 0) is 37.1 Å². The van der Waals surface area contributed by atoms with Gasteiger partial charge in [-0.25, -0.2) is 4.39 Å². The average Bonchev–Trinajstić information content (AvgIpc) is 2.72. The number of nitrogens with one attached hydrogen (secondary N) is 1. The van der Waals surface area contributed by atoms with Crippen LogP contribution in [0.3, 0.4) is 0 Å². The molecule has 3 rings (SSSR count). The number of carbonyl (C=O) groups is 2. The number of nitriles is 1. The molecule has 2 amide bonds. The Morgan fingerprint density at radius 2 is 1.70 bits per heavy atom. The lowest BCUT2D eigenvalue weighted by Crippen LogP contribution is -2.52. The van der Waals surface area contributed by atoms with Crippen molar-refractivity contribution in [2.45, 2.75) is 25.7 Å². The SMILES string of the molecule is N#CCNC(=O)[C@@H]1CCCC[C@H]1C(=O)N1CCN(c2ccc(F)cc2)CC1. The fraction of sp³-hybridized carbons (Fsp3) is 0.550. The molecule has 2 fully saturated rings. The number of carbonyl (C=O) groups excluding carboxylic acids is 2. The van der Waals surface area contributed by atoms with Crippen LogP contribution in [0.1, 0.15) is 25.7 Å². The highest BCUT2D eigenvalue weighted by atomic mass is 19.1. The molecule has 1 saturated carbocycles. The van der Waals surface area contributed by atoms with Crippen LogP contribution >= 0.6 is 0 Å². The Kier molecular flexibility index (Phi) is 6.28. The van der Waals surface area contributed by atoms with Crippen molar-refractivity contribution in [1.82, 2.24) is 10.2 Å². The minimum Gasteiger partial charge on any atom is -0.368 e. The Morgan fingerprint density at radius 3 is 2.33 bits per heavy atom. The first-order chi connectivity index (χ1) is 13.1. The predicted octanol–water partition coefficient (Wildman–Crippen LogP) is 1.92. The first-order valence-electron chi connectivity index (χ1n) is 9.54. The van der Waals surface area contributed by atoms with Crippen LogP contribution in [0, 0.1) is 29.0 Å². The van der Waals surface area contributed by atoms with E-state index < -0.39 is 0 Å². The number of hydrogen-bond donors (Lipinski definition) is 1. The molecule has 7 heteroatoms. The summed E-state index contributed by atoms with van der Waals surface area (Å²) >= 11 is 0. The molecule has 1 aromatic carbocycles. The first kappa shape index (κ1) is 19.2. The van der Waals surface area contributed by atoms with Gasteiger partial charge in [0.2, 0.25) is 11.8 Å². The van der Waals surface area contributed by atoms with Crippen LogP contribution in [0.25, 0.3) is 0 Å². The molecule has 1 aliphatic carbocycles. The summed E-state index contributed by atoms with van der Waals surface area (Å²) in [5, 5.41) is 11.3. The van der Waals surface area contributed by atoms with Gasteiger partial charge in [-0.15, -0.1) is 0 Å². The zero-order valence-corrected chi connectivity index (χ0v) is 15.4. The molecule has 1 heterocycles. The van der Waals surface area contributed by atoms with Gasteiger partial charge >= 0.3 is 0 Å². The van der Waals surface area contributed by atoms with Crippen LogP contribution in [-0.4, -0.2) is 49.4 Å². The summed E-state index contributed by atoms with van der Waals surface area (Å²) in [5.74, 6) is -1.03. The standard InChI is InChI=1S/C20H25FN4O2/c21-15-5-7-16(8-6-15)24-11-13-25(14-12-24)20(27)18-4-2-1-3-17(18)19(26)23-10-9-22/h5-8,17-18H,1-4,10-14H2,(H,23,26)/t17-,18-/m1/s1. The first-order valence-corrected chi connectivity index (χ1v) is 9.54. The van der Waals surface area contributed by atoms with E-state index in [1.54, 1.807) is 12.1 Å². The topological polar surface area (TPSA) is 76.4 Å². The fourth-order valence-electron chi connectivity index (χ4n) is 4.07. The van der Waals surface area contributed by atoms with Crippen molar-refractivity contribution in [3.63, 3.8) is 0 Å². The van der Waals surface area contributed by atoms with Crippen molar-refractivity contribution < 1.29 is 14.0 Å². The summed E-state index contributed by atoms with van der Waals surface area (Å²) < 4.78 is 13.1. The van der Waals surface area contributed by atoms with Crippen LogP contribution in [0.5, 0.6) is 0 Å². The summed E-state index contributed by atoms with van der Waals surface area (Å²) in [6, 6.07) is 8.31. The number of nitrogens with zero attached hydrogens (tertiary/aromatic N) is 3. The summed E-state index contributed by atoms with van der Waals surface area (Å²) in [4.78, 5) is 29.4. The van der Waals surface area contributed by atoms with Crippen LogP contribution in [-0.2, 0) is 9.59 Å². The Bertz CT molecular complexity index is 708. The maximum atomic E-state index is 13.1. The van der Waals surface area contributed by atoms with Gasteiger partial charge < -0.3 is 15.1 Å².